The van der Waals surface area contributed by atoms with Gasteiger partial charge in [-0.25, -0.2) is 12.8 Å². The van der Waals surface area contributed by atoms with Crippen LogP contribution < -0.4 is 9.62 Å². The zero-order chi connectivity index (χ0) is 29.4. The van der Waals surface area contributed by atoms with E-state index in [1.54, 1.807) is 36.4 Å². The van der Waals surface area contributed by atoms with Crippen LogP contribution in [0.25, 0.3) is 0 Å². The molecule has 1 aliphatic rings. The number of anilines is 1. The van der Waals surface area contributed by atoms with E-state index in [1.165, 1.54) is 17.0 Å². The first-order valence-corrected chi connectivity index (χ1v) is 16.4. The van der Waals surface area contributed by atoms with Crippen LogP contribution in [-0.4, -0.2) is 50.0 Å². The molecule has 7 nitrogen and oxygen atoms in total. The molecule has 218 valence electrons. The number of benzene rings is 3. The van der Waals surface area contributed by atoms with Crippen LogP contribution in [0.15, 0.2) is 83.3 Å². The van der Waals surface area contributed by atoms with E-state index < -0.39 is 34.3 Å². The molecule has 4 rings (SSSR count). The lowest BCUT2D eigenvalue weighted by Gasteiger charge is -2.35. The fourth-order valence-electron chi connectivity index (χ4n) is 5.11. The lowest BCUT2D eigenvalue weighted by molar-refractivity contribution is -0.140. The lowest BCUT2D eigenvalue weighted by Crippen LogP contribution is -2.55. The minimum absolute atomic E-state index is 0.00659. The molecular formula is C31H35BrFN3O4S. The third kappa shape index (κ3) is 8.87. The first-order valence-electron chi connectivity index (χ1n) is 13.7. The number of hydrogen-bond donors (Lipinski definition) is 1. The van der Waals surface area contributed by atoms with Gasteiger partial charge in [-0.15, -0.1) is 0 Å². The average Bonchev–Trinajstić information content (AvgIpc) is 2.95. The van der Waals surface area contributed by atoms with E-state index in [1.807, 2.05) is 30.3 Å². The maximum absolute atomic E-state index is 14.1. The van der Waals surface area contributed by atoms with E-state index in [9.17, 15) is 22.4 Å². The molecule has 0 aromatic heterocycles. The molecule has 0 spiro atoms. The summed E-state index contributed by atoms with van der Waals surface area (Å²) in [7, 11) is -3.85. The molecule has 0 saturated heterocycles. The molecule has 1 unspecified atom stereocenters. The monoisotopic (exact) mass is 643 g/mol. The van der Waals surface area contributed by atoms with Crippen molar-refractivity contribution in [1.82, 2.24) is 10.2 Å². The van der Waals surface area contributed by atoms with Gasteiger partial charge in [-0.2, -0.15) is 0 Å². The van der Waals surface area contributed by atoms with Gasteiger partial charge in [-0.05, 0) is 60.4 Å². The Balaban J connectivity index is 1.71. The van der Waals surface area contributed by atoms with Gasteiger partial charge in [0.05, 0.1) is 11.9 Å². The number of nitrogens with zero attached hydrogens (tertiary/aromatic N) is 2. The number of amides is 2. The molecule has 10 heteroatoms. The van der Waals surface area contributed by atoms with Crippen LogP contribution in [0.4, 0.5) is 10.1 Å². The quantitative estimate of drug-likeness (QED) is 0.301. The smallest absolute Gasteiger partial charge is 0.244 e. The van der Waals surface area contributed by atoms with Crippen LogP contribution in [0.2, 0.25) is 0 Å². The number of rotatable bonds is 11. The van der Waals surface area contributed by atoms with Gasteiger partial charge < -0.3 is 10.2 Å². The van der Waals surface area contributed by atoms with Crippen molar-refractivity contribution in [2.45, 2.75) is 57.2 Å². The Kier molecular flexibility index (Phi) is 10.6. The number of carbonyl (C=O) groups is 2. The van der Waals surface area contributed by atoms with Crippen molar-refractivity contribution >= 4 is 43.5 Å². The lowest BCUT2D eigenvalue weighted by atomic mass is 9.94. The third-order valence-electron chi connectivity index (χ3n) is 7.28. The highest BCUT2D eigenvalue weighted by Crippen LogP contribution is 2.23. The summed E-state index contributed by atoms with van der Waals surface area (Å²) in [6, 6.07) is 20.9. The molecule has 1 N–H and O–H groups in total. The molecule has 1 saturated carbocycles. The van der Waals surface area contributed by atoms with Crippen molar-refractivity contribution in [2.24, 2.45) is 0 Å². The molecular weight excluding hydrogens is 609 g/mol. The third-order valence-corrected chi connectivity index (χ3v) is 8.95. The van der Waals surface area contributed by atoms with Gasteiger partial charge in [0.1, 0.15) is 18.4 Å². The standard InChI is InChI=1S/C31H35BrFN3O4S/c1-41(39,40)36(28-18-14-25(32)15-19-28)22-30(37)35(21-24-12-16-26(33)17-13-24)29(20-23-8-4-2-5-9-23)31(38)34-27-10-6-3-7-11-27/h2,4-5,8-9,12-19,27,29H,3,6-7,10-11,20-22H2,1H3,(H,34,38). The average molecular weight is 645 g/mol. The summed E-state index contributed by atoms with van der Waals surface area (Å²) in [6.07, 6.45) is 6.23. The Morgan fingerprint density at radius 1 is 0.927 bits per heavy atom. The number of halogens is 2. The number of nitrogens with one attached hydrogen (secondary N) is 1. The summed E-state index contributed by atoms with van der Waals surface area (Å²) in [5.74, 6) is -1.24. The molecule has 3 aromatic rings. The first-order chi connectivity index (χ1) is 19.6. The van der Waals surface area contributed by atoms with Crippen molar-refractivity contribution in [3.63, 3.8) is 0 Å². The molecule has 2 amide bonds. The zero-order valence-corrected chi connectivity index (χ0v) is 25.4. The van der Waals surface area contributed by atoms with E-state index in [2.05, 4.69) is 21.2 Å². The van der Waals surface area contributed by atoms with Gasteiger partial charge in [-0.1, -0.05) is 77.7 Å². The fourth-order valence-corrected chi connectivity index (χ4v) is 6.22. The number of carbonyl (C=O) groups excluding carboxylic acids is 2. The minimum atomic E-state index is -3.85. The van der Waals surface area contributed by atoms with Crippen LogP contribution in [0.5, 0.6) is 0 Å². The molecule has 1 aliphatic carbocycles. The van der Waals surface area contributed by atoms with Crippen LogP contribution in [-0.2, 0) is 32.6 Å². The summed E-state index contributed by atoms with van der Waals surface area (Å²) in [5, 5.41) is 3.16. The van der Waals surface area contributed by atoms with Gasteiger partial charge >= 0.3 is 0 Å². The van der Waals surface area contributed by atoms with Crippen LogP contribution >= 0.6 is 15.9 Å². The summed E-state index contributed by atoms with van der Waals surface area (Å²) in [6.45, 7) is -0.490. The second kappa shape index (κ2) is 14.1. The summed E-state index contributed by atoms with van der Waals surface area (Å²) < 4.78 is 41.2. The van der Waals surface area contributed by atoms with E-state index in [0.29, 0.717) is 11.3 Å². The maximum atomic E-state index is 14.1. The van der Waals surface area contributed by atoms with Gasteiger partial charge in [-0.3, -0.25) is 13.9 Å². The van der Waals surface area contributed by atoms with Crippen LogP contribution in [0.1, 0.15) is 43.2 Å². The first kappa shape index (κ1) is 30.7. The van der Waals surface area contributed by atoms with Crippen molar-refractivity contribution in [3.8, 4) is 0 Å². The highest BCUT2D eigenvalue weighted by Gasteiger charge is 2.34. The molecule has 1 fully saturated rings. The minimum Gasteiger partial charge on any atom is -0.352 e. The topological polar surface area (TPSA) is 86.8 Å². The van der Waals surface area contributed by atoms with E-state index in [0.717, 1.165) is 52.7 Å². The zero-order valence-electron chi connectivity index (χ0n) is 23.0. The predicted molar refractivity (Wildman–Crippen MR) is 162 cm³/mol. The van der Waals surface area contributed by atoms with Crippen molar-refractivity contribution < 1.29 is 22.4 Å². The van der Waals surface area contributed by atoms with Crippen molar-refractivity contribution in [1.29, 1.82) is 0 Å². The Hall–Kier alpha value is -3.24. The summed E-state index contributed by atoms with van der Waals surface area (Å²) >= 11 is 3.35. The Bertz CT molecular complexity index is 1410. The Morgan fingerprint density at radius 2 is 1.56 bits per heavy atom. The summed E-state index contributed by atoms with van der Waals surface area (Å²) in [5.41, 5.74) is 1.82. The molecule has 0 heterocycles. The van der Waals surface area contributed by atoms with Crippen LogP contribution in [0.3, 0.4) is 0 Å². The van der Waals surface area contributed by atoms with Crippen molar-refractivity contribution in [2.75, 3.05) is 17.1 Å². The number of hydrogen-bond acceptors (Lipinski definition) is 4. The van der Waals surface area contributed by atoms with E-state index in [-0.39, 0.29) is 24.9 Å². The molecule has 1 atom stereocenters. The fraction of sp³-hybridized carbons (Fsp3) is 0.355. The van der Waals surface area contributed by atoms with Crippen molar-refractivity contribution in [3.05, 3.63) is 100 Å². The molecule has 0 radical (unpaired) electrons. The van der Waals surface area contributed by atoms with Gasteiger partial charge in [0.15, 0.2) is 0 Å². The second-order valence-corrected chi connectivity index (χ2v) is 13.3. The number of sulfonamides is 1. The SMILES string of the molecule is CS(=O)(=O)N(CC(=O)N(Cc1ccc(F)cc1)C(Cc1ccccc1)C(=O)NC1CCCCC1)c1ccc(Br)cc1. The summed E-state index contributed by atoms with van der Waals surface area (Å²) in [4.78, 5) is 29.4. The Morgan fingerprint density at radius 3 is 2.17 bits per heavy atom. The molecule has 0 bridgehead atoms. The predicted octanol–water partition coefficient (Wildman–Crippen LogP) is 5.44. The normalized spacial score (nSPS) is 14.7. The van der Waals surface area contributed by atoms with Gasteiger partial charge in [0, 0.05) is 23.5 Å². The highest BCUT2D eigenvalue weighted by molar-refractivity contribution is 9.10. The highest BCUT2D eigenvalue weighted by atomic mass is 79.9. The van der Waals surface area contributed by atoms with Gasteiger partial charge in [0.25, 0.3) is 0 Å². The van der Waals surface area contributed by atoms with Crippen LogP contribution in [0, 0.1) is 5.82 Å². The molecule has 0 aliphatic heterocycles. The van der Waals surface area contributed by atoms with E-state index >= 15 is 0 Å². The Labute approximate surface area is 249 Å². The van der Waals surface area contributed by atoms with E-state index in [4.69, 9.17) is 0 Å². The largest absolute Gasteiger partial charge is 0.352 e. The van der Waals surface area contributed by atoms with Gasteiger partial charge in [0.2, 0.25) is 21.8 Å². The molecule has 41 heavy (non-hydrogen) atoms. The maximum Gasteiger partial charge on any atom is 0.244 e. The second-order valence-electron chi connectivity index (χ2n) is 10.4. The molecule has 3 aromatic carbocycles.